The molecule has 0 aromatic heterocycles. The largest absolute Gasteiger partial charge is 0.496 e. The first kappa shape index (κ1) is 15.7. The third-order valence-electron chi connectivity index (χ3n) is 3.02. The molecule has 0 atom stereocenters. The minimum absolute atomic E-state index is 0.195. The fourth-order valence-electron chi connectivity index (χ4n) is 1.96. The summed E-state index contributed by atoms with van der Waals surface area (Å²) >= 11 is 5.86. The molecule has 0 saturated heterocycles. The molecule has 0 aliphatic heterocycles. The second kappa shape index (κ2) is 6.37. The maximum Gasteiger partial charge on any atom is 0.261 e. The molecule has 1 N–H and O–H groups in total. The smallest absolute Gasteiger partial charge is 0.261 e. The van der Waals surface area contributed by atoms with E-state index in [2.05, 4.69) is 4.72 Å². The number of benzene rings is 2. The zero-order valence-corrected chi connectivity index (χ0v) is 13.3. The molecule has 0 fully saturated rings. The van der Waals surface area contributed by atoms with Crippen molar-refractivity contribution in [1.82, 2.24) is 0 Å². The van der Waals surface area contributed by atoms with E-state index in [0.29, 0.717) is 22.9 Å². The van der Waals surface area contributed by atoms with E-state index >= 15 is 0 Å². The normalized spacial score (nSPS) is 11.2. The van der Waals surface area contributed by atoms with E-state index < -0.39 is 10.0 Å². The van der Waals surface area contributed by atoms with Gasteiger partial charge in [-0.2, -0.15) is 0 Å². The van der Waals surface area contributed by atoms with Gasteiger partial charge in [-0.05, 0) is 48.4 Å². The van der Waals surface area contributed by atoms with Crippen molar-refractivity contribution in [1.29, 1.82) is 0 Å². The zero-order valence-electron chi connectivity index (χ0n) is 11.8. The SMILES string of the molecule is CCc1cc(S(=O)(=O)Nc2cccc(Cl)c2)ccc1OC. The van der Waals surface area contributed by atoms with Gasteiger partial charge < -0.3 is 4.74 Å². The average molecular weight is 326 g/mol. The van der Waals surface area contributed by atoms with Crippen molar-refractivity contribution in [3.8, 4) is 5.75 Å². The quantitative estimate of drug-likeness (QED) is 0.911. The Morgan fingerprint density at radius 1 is 1.19 bits per heavy atom. The van der Waals surface area contributed by atoms with Gasteiger partial charge in [0, 0.05) is 5.02 Å². The Balaban J connectivity index is 2.35. The summed E-state index contributed by atoms with van der Waals surface area (Å²) in [6.07, 6.45) is 0.684. The van der Waals surface area contributed by atoms with Gasteiger partial charge in [0.2, 0.25) is 0 Å². The summed E-state index contributed by atoms with van der Waals surface area (Å²) in [5, 5.41) is 0.471. The number of methoxy groups -OCH3 is 1. The highest BCUT2D eigenvalue weighted by Crippen LogP contribution is 2.25. The van der Waals surface area contributed by atoms with Gasteiger partial charge in [-0.1, -0.05) is 24.6 Å². The van der Waals surface area contributed by atoms with Crippen LogP contribution in [0.4, 0.5) is 5.69 Å². The summed E-state index contributed by atoms with van der Waals surface area (Å²) < 4.78 is 32.5. The lowest BCUT2D eigenvalue weighted by Gasteiger charge is -2.11. The van der Waals surface area contributed by atoms with Crippen LogP contribution in [-0.2, 0) is 16.4 Å². The Bertz CT molecular complexity index is 744. The average Bonchev–Trinajstić information content (AvgIpc) is 2.46. The van der Waals surface area contributed by atoms with Crippen LogP contribution >= 0.6 is 11.6 Å². The fourth-order valence-corrected chi connectivity index (χ4v) is 3.25. The predicted molar refractivity (Wildman–Crippen MR) is 84.6 cm³/mol. The van der Waals surface area contributed by atoms with Crippen molar-refractivity contribution in [2.24, 2.45) is 0 Å². The number of hydrogen-bond acceptors (Lipinski definition) is 3. The lowest BCUT2D eigenvalue weighted by molar-refractivity contribution is 0.409. The van der Waals surface area contributed by atoms with Crippen molar-refractivity contribution in [3.05, 3.63) is 53.1 Å². The van der Waals surface area contributed by atoms with E-state index in [1.54, 1.807) is 43.5 Å². The molecule has 4 nitrogen and oxygen atoms in total. The molecule has 0 spiro atoms. The number of hydrogen-bond donors (Lipinski definition) is 1. The molecule has 2 rings (SSSR count). The second-order valence-corrected chi connectivity index (χ2v) is 6.56. The number of ether oxygens (including phenoxy) is 1. The topological polar surface area (TPSA) is 55.4 Å². The molecule has 2 aromatic rings. The molecule has 0 aliphatic rings. The van der Waals surface area contributed by atoms with Gasteiger partial charge in [-0.3, -0.25) is 4.72 Å². The van der Waals surface area contributed by atoms with Crippen LogP contribution in [-0.4, -0.2) is 15.5 Å². The minimum Gasteiger partial charge on any atom is -0.496 e. The Morgan fingerprint density at radius 3 is 2.57 bits per heavy atom. The van der Waals surface area contributed by atoms with Crippen LogP contribution < -0.4 is 9.46 Å². The molecule has 0 bridgehead atoms. The highest BCUT2D eigenvalue weighted by atomic mass is 35.5. The van der Waals surface area contributed by atoms with Gasteiger partial charge in [-0.25, -0.2) is 8.42 Å². The van der Waals surface area contributed by atoms with Crippen LogP contribution in [0.1, 0.15) is 12.5 Å². The van der Waals surface area contributed by atoms with Crippen LogP contribution in [0.3, 0.4) is 0 Å². The molecule has 0 radical (unpaired) electrons. The van der Waals surface area contributed by atoms with Crippen molar-refractivity contribution < 1.29 is 13.2 Å². The van der Waals surface area contributed by atoms with Gasteiger partial charge in [0.25, 0.3) is 10.0 Å². The third-order valence-corrected chi connectivity index (χ3v) is 4.63. The molecular formula is C15H16ClNO3S. The van der Waals surface area contributed by atoms with E-state index in [4.69, 9.17) is 16.3 Å². The summed E-state index contributed by atoms with van der Waals surface area (Å²) in [6, 6.07) is 11.4. The molecular weight excluding hydrogens is 310 g/mol. The van der Waals surface area contributed by atoms with Crippen molar-refractivity contribution in [2.75, 3.05) is 11.8 Å². The Morgan fingerprint density at radius 2 is 1.95 bits per heavy atom. The molecule has 6 heteroatoms. The summed E-state index contributed by atoms with van der Waals surface area (Å²) in [7, 11) is -2.09. The minimum atomic E-state index is -3.65. The molecule has 0 saturated carbocycles. The van der Waals surface area contributed by atoms with Crippen LogP contribution in [0.2, 0.25) is 5.02 Å². The van der Waals surface area contributed by atoms with Gasteiger partial charge in [-0.15, -0.1) is 0 Å². The van der Waals surface area contributed by atoms with Crippen LogP contribution in [0.25, 0.3) is 0 Å². The Labute approximate surface area is 129 Å². The standard InChI is InChI=1S/C15H16ClNO3S/c1-3-11-9-14(7-8-15(11)20-2)21(18,19)17-13-6-4-5-12(16)10-13/h4-10,17H,3H2,1-2H3. The number of rotatable bonds is 5. The maximum absolute atomic E-state index is 12.4. The van der Waals surface area contributed by atoms with E-state index in [1.165, 1.54) is 6.07 Å². The molecule has 0 heterocycles. The van der Waals surface area contributed by atoms with Crippen LogP contribution in [0.5, 0.6) is 5.75 Å². The molecule has 0 amide bonds. The summed E-state index contributed by atoms with van der Waals surface area (Å²) in [5.74, 6) is 0.680. The lowest BCUT2D eigenvalue weighted by Crippen LogP contribution is -2.13. The first-order valence-electron chi connectivity index (χ1n) is 6.41. The Kier molecular flexibility index (Phi) is 4.75. The van der Waals surface area contributed by atoms with Crippen LogP contribution in [0.15, 0.2) is 47.4 Å². The molecule has 2 aromatic carbocycles. The van der Waals surface area contributed by atoms with E-state index in [1.807, 2.05) is 6.92 Å². The fraction of sp³-hybridized carbons (Fsp3) is 0.200. The third kappa shape index (κ3) is 3.68. The lowest BCUT2D eigenvalue weighted by atomic mass is 10.1. The molecule has 0 aliphatic carbocycles. The van der Waals surface area contributed by atoms with E-state index in [0.717, 1.165) is 5.56 Å². The predicted octanol–water partition coefficient (Wildman–Crippen LogP) is 3.71. The molecule has 112 valence electrons. The van der Waals surface area contributed by atoms with Crippen LogP contribution in [0, 0.1) is 0 Å². The summed E-state index contributed by atoms with van der Waals surface area (Å²) in [6.45, 7) is 1.94. The monoisotopic (exact) mass is 325 g/mol. The number of halogens is 1. The number of aryl methyl sites for hydroxylation is 1. The van der Waals surface area contributed by atoms with Gasteiger partial charge in [0.15, 0.2) is 0 Å². The molecule has 21 heavy (non-hydrogen) atoms. The Hall–Kier alpha value is -1.72. The first-order chi connectivity index (χ1) is 9.96. The number of nitrogens with one attached hydrogen (secondary N) is 1. The summed E-state index contributed by atoms with van der Waals surface area (Å²) in [4.78, 5) is 0.195. The summed E-state index contributed by atoms with van der Waals surface area (Å²) in [5.41, 5.74) is 1.27. The van der Waals surface area contributed by atoms with Crippen molar-refractivity contribution in [3.63, 3.8) is 0 Å². The van der Waals surface area contributed by atoms with Gasteiger partial charge >= 0.3 is 0 Å². The maximum atomic E-state index is 12.4. The van der Waals surface area contributed by atoms with Crippen molar-refractivity contribution in [2.45, 2.75) is 18.2 Å². The van der Waals surface area contributed by atoms with Gasteiger partial charge in [0.05, 0.1) is 17.7 Å². The highest BCUT2D eigenvalue weighted by molar-refractivity contribution is 7.92. The van der Waals surface area contributed by atoms with Crippen molar-refractivity contribution >= 4 is 27.3 Å². The second-order valence-electron chi connectivity index (χ2n) is 4.44. The van der Waals surface area contributed by atoms with E-state index in [-0.39, 0.29) is 4.90 Å². The van der Waals surface area contributed by atoms with Gasteiger partial charge in [0.1, 0.15) is 5.75 Å². The number of anilines is 1. The van der Waals surface area contributed by atoms with E-state index in [9.17, 15) is 8.42 Å². The first-order valence-corrected chi connectivity index (χ1v) is 8.27. The zero-order chi connectivity index (χ0) is 15.5. The number of sulfonamides is 1. The highest BCUT2D eigenvalue weighted by Gasteiger charge is 2.16. The molecule has 0 unspecified atom stereocenters.